The molecular formula is C8H18ClNO2. The van der Waals surface area contributed by atoms with Crippen molar-refractivity contribution < 1.29 is 9.53 Å². The Kier molecular flexibility index (Phi) is 6.39. The molecule has 1 atom stereocenters. The Morgan fingerprint density at radius 1 is 1.50 bits per heavy atom. The Morgan fingerprint density at radius 2 is 1.92 bits per heavy atom. The van der Waals surface area contributed by atoms with E-state index in [9.17, 15) is 4.79 Å². The summed E-state index contributed by atoms with van der Waals surface area (Å²) < 4.78 is 4.90. The quantitative estimate of drug-likeness (QED) is 0.677. The molecule has 74 valence electrons. The highest BCUT2D eigenvalue weighted by Crippen LogP contribution is 2.12. The van der Waals surface area contributed by atoms with Crippen molar-refractivity contribution in [3.63, 3.8) is 0 Å². The van der Waals surface area contributed by atoms with Crippen LogP contribution in [0.25, 0.3) is 0 Å². The summed E-state index contributed by atoms with van der Waals surface area (Å²) in [7, 11) is 0. The van der Waals surface area contributed by atoms with Gasteiger partial charge in [-0.25, -0.2) is 0 Å². The van der Waals surface area contributed by atoms with E-state index >= 15 is 0 Å². The van der Waals surface area contributed by atoms with Crippen LogP contribution < -0.4 is 5.73 Å². The third-order valence-corrected chi connectivity index (χ3v) is 1.02. The zero-order valence-electron chi connectivity index (χ0n) is 8.09. The third-order valence-electron chi connectivity index (χ3n) is 1.02. The number of rotatable bonds is 2. The first-order chi connectivity index (χ1) is 4.83. The Morgan fingerprint density at radius 3 is 2.17 bits per heavy atom. The van der Waals surface area contributed by atoms with Gasteiger partial charge in [0.2, 0.25) is 0 Å². The summed E-state index contributed by atoms with van der Waals surface area (Å²) >= 11 is 0. The number of ether oxygens (including phenoxy) is 1. The van der Waals surface area contributed by atoms with Crippen molar-refractivity contribution in [1.29, 1.82) is 0 Å². The minimum absolute atomic E-state index is 0. The van der Waals surface area contributed by atoms with Gasteiger partial charge in [0.15, 0.2) is 0 Å². The normalized spacial score (nSPS) is 13.1. The van der Waals surface area contributed by atoms with Crippen molar-refractivity contribution in [2.24, 2.45) is 11.1 Å². The number of carbonyl (C=O) groups is 1. The molecule has 3 nitrogen and oxygen atoms in total. The predicted octanol–water partition coefficient (Wildman–Crippen LogP) is 1.34. The molecule has 0 aliphatic rings. The maximum Gasteiger partial charge on any atom is 0.322 e. The molecule has 0 aliphatic heterocycles. The molecule has 0 aromatic heterocycles. The van der Waals surface area contributed by atoms with Crippen molar-refractivity contribution >= 4 is 18.4 Å². The molecule has 4 heteroatoms. The Bertz CT molecular complexity index is 140. The molecule has 0 aromatic carbocycles. The Balaban J connectivity index is 0. The molecule has 0 aliphatic carbocycles. The zero-order chi connectivity index (χ0) is 9.07. The number of halogens is 1. The van der Waals surface area contributed by atoms with Crippen LogP contribution in [0.5, 0.6) is 0 Å². The second kappa shape index (κ2) is 5.38. The molecule has 0 fully saturated rings. The van der Waals surface area contributed by atoms with Gasteiger partial charge in [0.1, 0.15) is 6.04 Å². The summed E-state index contributed by atoms with van der Waals surface area (Å²) in [5, 5.41) is 0. The molecule has 0 saturated carbocycles. The van der Waals surface area contributed by atoms with Gasteiger partial charge in [0.25, 0.3) is 0 Å². The fourth-order valence-corrected chi connectivity index (χ4v) is 0.419. The van der Waals surface area contributed by atoms with Crippen LogP contribution >= 0.6 is 12.4 Å². The standard InChI is InChI=1S/C8H17NO2.ClH/c1-6(9)7(10)11-5-8(2,3)4;/h6H,5,9H2,1-4H3;1H. The Hall–Kier alpha value is -0.280. The fourth-order valence-electron chi connectivity index (χ4n) is 0.419. The maximum absolute atomic E-state index is 10.8. The number of esters is 1. The highest BCUT2D eigenvalue weighted by molar-refractivity contribution is 5.85. The second-order valence-electron chi connectivity index (χ2n) is 3.96. The SMILES string of the molecule is CC(N)C(=O)OCC(C)(C)C.Cl. The van der Waals surface area contributed by atoms with Gasteiger partial charge in [-0.1, -0.05) is 20.8 Å². The summed E-state index contributed by atoms with van der Waals surface area (Å²) in [6, 6.07) is -0.516. The monoisotopic (exact) mass is 195 g/mol. The van der Waals surface area contributed by atoms with Crippen molar-refractivity contribution in [2.45, 2.75) is 33.7 Å². The van der Waals surface area contributed by atoms with Crippen LogP contribution in [0.4, 0.5) is 0 Å². The Labute approximate surface area is 80.1 Å². The maximum atomic E-state index is 10.8. The first-order valence-corrected chi connectivity index (χ1v) is 3.75. The number of nitrogens with two attached hydrogens (primary N) is 1. The van der Waals surface area contributed by atoms with Crippen LogP contribution in [0, 0.1) is 5.41 Å². The van der Waals surface area contributed by atoms with Gasteiger partial charge in [-0.15, -0.1) is 12.4 Å². The smallest absolute Gasteiger partial charge is 0.322 e. The average molecular weight is 196 g/mol. The molecule has 0 bridgehead atoms. The van der Waals surface area contributed by atoms with Crippen LogP contribution in [0.3, 0.4) is 0 Å². The van der Waals surface area contributed by atoms with Gasteiger partial charge in [0.05, 0.1) is 6.61 Å². The number of hydrogen-bond donors (Lipinski definition) is 1. The molecule has 0 radical (unpaired) electrons. The zero-order valence-corrected chi connectivity index (χ0v) is 8.90. The van der Waals surface area contributed by atoms with Gasteiger partial charge in [-0.05, 0) is 12.3 Å². The molecule has 2 N–H and O–H groups in total. The fraction of sp³-hybridized carbons (Fsp3) is 0.875. The molecule has 0 heterocycles. The number of hydrogen-bond acceptors (Lipinski definition) is 3. The van der Waals surface area contributed by atoms with Crippen LogP contribution in [0.1, 0.15) is 27.7 Å². The van der Waals surface area contributed by atoms with Crippen LogP contribution in [0.15, 0.2) is 0 Å². The summed E-state index contributed by atoms with van der Waals surface area (Å²) in [5.74, 6) is -0.333. The molecule has 12 heavy (non-hydrogen) atoms. The first-order valence-electron chi connectivity index (χ1n) is 3.75. The topological polar surface area (TPSA) is 52.3 Å². The van der Waals surface area contributed by atoms with Crippen LogP contribution in [-0.4, -0.2) is 18.6 Å². The number of carbonyl (C=O) groups excluding carboxylic acids is 1. The van der Waals surface area contributed by atoms with Gasteiger partial charge in [-0.2, -0.15) is 0 Å². The van der Waals surface area contributed by atoms with E-state index in [1.54, 1.807) is 6.92 Å². The van der Waals surface area contributed by atoms with E-state index in [0.29, 0.717) is 6.61 Å². The lowest BCUT2D eigenvalue weighted by Gasteiger charge is -2.18. The van der Waals surface area contributed by atoms with Gasteiger partial charge in [0, 0.05) is 0 Å². The van der Waals surface area contributed by atoms with Crippen molar-refractivity contribution in [2.75, 3.05) is 6.61 Å². The van der Waals surface area contributed by atoms with Crippen LogP contribution in [0.2, 0.25) is 0 Å². The second-order valence-corrected chi connectivity index (χ2v) is 3.96. The summed E-state index contributed by atoms with van der Waals surface area (Å²) in [4.78, 5) is 10.8. The van der Waals surface area contributed by atoms with E-state index in [2.05, 4.69) is 0 Å². The van der Waals surface area contributed by atoms with E-state index < -0.39 is 6.04 Å². The molecular weight excluding hydrogens is 178 g/mol. The van der Waals surface area contributed by atoms with Crippen molar-refractivity contribution in [3.8, 4) is 0 Å². The molecule has 0 saturated heterocycles. The minimum Gasteiger partial charge on any atom is -0.464 e. The highest BCUT2D eigenvalue weighted by atomic mass is 35.5. The third kappa shape index (κ3) is 7.82. The summed E-state index contributed by atoms with van der Waals surface area (Å²) in [6.07, 6.45) is 0. The van der Waals surface area contributed by atoms with E-state index in [1.165, 1.54) is 0 Å². The lowest BCUT2D eigenvalue weighted by Crippen LogP contribution is -2.31. The van der Waals surface area contributed by atoms with E-state index in [-0.39, 0.29) is 23.8 Å². The lowest BCUT2D eigenvalue weighted by molar-refractivity contribution is -0.147. The largest absolute Gasteiger partial charge is 0.464 e. The van der Waals surface area contributed by atoms with E-state index in [0.717, 1.165) is 0 Å². The molecule has 0 rings (SSSR count). The predicted molar refractivity (Wildman–Crippen MR) is 51.3 cm³/mol. The minimum atomic E-state index is -0.516. The van der Waals surface area contributed by atoms with Crippen molar-refractivity contribution in [3.05, 3.63) is 0 Å². The van der Waals surface area contributed by atoms with Crippen molar-refractivity contribution in [1.82, 2.24) is 0 Å². The van der Waals surface area contributed by atoms with Gasteiger partial charge < -0.3 is 10.5 Å². The van der Waals surface area contributed by atoms with Gasteiger partial charge >= 0.3 is 5.97 Å². The van der Waals surface area contributed by atoms with E-state index in [4.69, 9.17) is 10.5 Å². The average Bonchev–Trinajstić information content (AvgIpc) is 1.80. The van der Waals surface area contributed by atoms with Crippen LogP contribution in [-0.2, 0) is 9.53 Å². The van der Waals surface area contributed by atoms with E-state index in [1.807, 2.05) is 20.8 Å². The highest BCUT2D eigenvalue weighted by Gasteiger charge is 2.15. The van der Waals surface area contributed by atoms with Gasteiger partial charge in [-0.3, -0.25) is 4.79 Å². The summed E-state index contributed by atoms with van der Waals surface area (Å²) in [5.41, 5.74) is 5.31. The molecule has 0 spiro atoms. The molecule has 0 amide bonds. The lowest BCUT2D eigenvalue weighted by atomic mass is 9.99. The molecule has 0 aromatic rings. The summed E-state index contributed by atoms with van der Waals surface area (Å²) in [6.45, 7) is 8.04. The first kappa shape index (κ1) is 14.3. The molecule has 1 unspecified atom stereocenters.